The van der Waals surface area contributed by atoms with Crippen LogP contribution < -0.4 is 16.0 Å². The summed E-state index contributed by atoms with van der Waals surface area (Å²) >= 11 is 9.65. The van der Waals surface area contributed by atoms with Crippen LogP contribution in [0.15, 0.2) is 47.3 Å². The van der Waals surface area contributed by atoms with E-state index in [2.05, 4.69) is 46.9 Å². The Morgan fingerprint density at radius 3 is 2.93 bits per heavy atom. The summed E-state index contributed by atoms with van der Waals surface area (Å²) in [5, 5.41) is 22.9. The zero-order valence-electron chi connectivity index (χ0n) is 15.4. The molecule has 0 saturated heterocycles. The number of halogens is 2. The Balaban J connectivity index is 1.75. The number of likely N-dealkylation sites (N-methyl/N-ethyl adjacent to an activating group) is 1. The van der Waals surface area contributed by atoms with E-state index in [9.17, 15) is 9.90 Å². The van der Waals surface area contributed by atoms with Gasteiger partial charge >= 0.3 is 0 Å². The van der Waals surface area contributed by atoms with Gasteiger partial charge in [0, 0.05) is 17.7 Å². The van der Waals surface area contributed by atoms with E-state index >= 15 is 0 Å². The number of hydrogen-bond acceptors (Lipinski definition) is 7. The van der Waals surface area contributed by atoms with E-state index in [4.69, 9.17) is 11.6 Å². The minimum atomic E-state index is -0.400. The highest BCUT2D eigenvalue weighted by molar-refractivity contribution is 9.10. The van der Waals surface area contributed by atoms with Crippen LogP contribution in [-0.4, -0.2) is 44.4 Å². The molecule has 1 aromatic carbocycles. The molecule has 2 aromatic heterocycles. The molecule has 0 saturated carbocycles. The summed E-state index contributed by atoms with van der Waals surface area (Å²) in [7, 11) is 1.56. The predicted octanol–water partition coefficient (Wildman–Crippen LogP) is 2.72. The summed E-state index contributed by atoms with van der Waals surface area (Å²) < 4.78 is 2.39. The van der Waals surface area contributed by atoms with E-state index < -0.39 is 6.04 Å². The molecule has 0 aliphatic carbocycles. The first-order valence-corrected chi connectivity index (χ1v) is 9.81. The lowest BCUT2D eigenvalue weighted by Crippen LogP contribution is -2.23. The Morgan fingerprint density at radius 2 is 2.21 bits per heavy atom. The van der Waals surface area contributed by atoms with Crippen molar-refractivity contribution in [3.05, 3.63) is 57.9 Å². The Kier molecular flexibility index (Phi) is 7.02. The minimum absolute atomic E-state index is 0.108. The van der Waals surface area contributed by atoms with Gasteiger partial charge in [-0.2, -0.15) is 10.1 Å². The quantitative estimate of drug-likeness (QED) is 0.392. The van der Waals surface area contributed by atoms with Gasteiger partial charge in [-0.25, -0.2) is 4.98 Å². The SMILES string of the molecule is CNC(=O)Cn1cc(Nc2ncc(Cl)c(NC(CO)c3cccc(Br)c3)n2)cn1. The lowest BCUT2D eigenvalue weighted by molar-refractivity contribution is -0.121. The van der Waals surface area contributed by atoms with Gasteiger partial charge in [0.15, 0.2) is 5.82 Å². The third-order valence-electron chi connectivity index (χ3n) is 3.96. The van der Waals surface area contributed by atoms with Crippen molar-refractivity contribution < 1.29 is 9.90 Å². The van der Waals surface area contributed by atoms with Crippen LogP contribution in [0, 0.1) is 0 Å². The second kappa shape index (κ2) is 9.68. The number of hydrogen-bond donors (Lipinski definition) is 4. The van der Waals surface area contributed by atoms with E-state index in [-0.39, 0.29) is 19.1 Å². The van der Waals surface area contributed by atoms with Crippen molar-refractivity contribution in [2.24, 2.45) is 0 Å². The average molecular weight is 481 g/mol. The number of anilines is 3. The first kappa shape index (κ1) is 21.0. The molecular formula is C18H19BrClN7O2. The maximum atomic E-state index is 11.4. The van der Waals surface area contributed by atoms with Crippen LogP contribution in [0.2, 0.25) is 5.02 Å². The molecule has 1 atom stereocenters. The normalized spacial score (nSPS) is 11.7. The largest absolute Gasteiger partial charge is 0.394 e. The van der Waals surface area contributed by atoms with Gasteiger partial charge in [0.25, 0.3) is 0 Å². The Labute approximate surface area is 180 Å². The fraction of sp³-hybridized carbons (Fsp3) is 0.222. The summed E-state index contributed by atoms with van der Waals surface area (Å²) in [6.07, 6.45) is 4.69. The number of nitrogens with zero attached hydrogens (tertiary/aromatic N) is 4. The predicted molar refractivity (Wildman–Crippen MR) is 114 cm³/mol. The van der Waals surface area contributed by atoms with Crippen LogP contribution in [0.4, 0.5) is 17.5 Å². The van der Waals surface area contributed by atoms with Crippen molar-refractivity contribution in [3.63, 3.8) is 0 Å². The lowest BCUT2D eigenvalue weighted by atomic mass is 10.1. The van der Waals surface area contributed by atoms with Crippen molar-refractivity contribution in [3.8, 4) is 0 Å². The monoisotopic (exact) mass is 479 g/mol. The summed E-state index contributed by atoms with van der Waals surface area (Å²) in [5.74, 6) is 0.514. The highest BCUT2D eigenvalue weighted by atomic mass is 79.9. The van der Waals surface area contributed by atoms with Crippen molar-refractivity contribution >= 4 is 50.9 Å². The molecular weight excluding hydrogens is 462 g/mol. The maximum Gasteiger partial charge on any atom is 0.241 e. The van der Waals surface area contributed by atoms with Gasteiger partial charge < -0.3 is 21.1 Å². The number of amides is 1. The molecule has 0 spiro atoms. The molecule has 0 aliphatic heterocycles. The molecule has 2 heterocycles. The number of aliphatic hydroxyl groups excluding tert-OH is 1. The highest BCUT2D eigenvalue weighted by Gasteiger charge is 2.15. The zero-order chi connectivity index (χ0) is 20.8. The van der Waals surface area contributed by atoms with Gasteiger partial charge in [-0.3, -0.25) is 9.48 Å². The second-order valence-corrected chi connectivity index (χ2v) is 7.37. The minimum Gasteiger partial charge on any atom is -0.394 e. The van der Waals surface area contributed by atoms with Crippen LogP contribution in [-0.2, 0) is 11.3 Å². The molecule has 11 heteroatoms. The maximum absolute atomic E-state index is 11.4. The first-order valence-electron chi connectivity index (χ1n) is 8.64. The highest BCUT2D eigenvalue weighted by Crippen LogP contribution is 2.27. The zero-order valence-corrected chi connectivity index (χ0v) is 17.8. The molecule has 4 N–H and O–H groups in total. The van der Waals surface area contributed by atoms with Crippen LogP contribution >= 0.6 is 27.5 Å². The van der Waals surface area contributed by atoms with Crippen molar-refractivity contribution in [2.45, 2.75) is 12.6 Å². The van der Waals surface area contributed by atoms with Gasteiger partial charge in [0.2, 0.25) is 11.9 Å². The Hall–Kier alpha value is -2.69. The fourth-order valence-electron chi connectivity index (χ4n) is 2.52. The number of nitrogens with one attached hydrogen (secondary N) is 3. The van der Waals surface area contributed by atoms with Crippen LogP contribution in [0.25, 0.3) is 0 Å². The number of aliphatic hydroxyl groups is 1. The smallest absolute Gasteiger partial charge is 0.241 e. The van der Waals surface area contributed by atoms with E-state index in [1.54, 1.807) is 19.4 Å². The molecule has 29 heavy (non-hydrogen) atoms. The average Bonchev–Trinajstić information content (AvgIpc) is 3.14. The van der Waals surface area contributed by atoms with Gasteiger partial charge in [-0.15, -0.1) is 0 Å². The third-order valence-corrected chi connectivity index (χ3v) is 4.73. The van der Waals surface area contributed by atoms with E-state index in [1.807, 2.05) is 24.3 Å². The van der Waals surface area contributed by atoms with Crippen molar-refractivity contribution in [1.82, 2.24) is 25.1 Å². The van der Waals surface area contributed by atoms with Crippen LogP contribution in [0.3, 0.4) is 0 Å². The molecule has 3 aromatic rings. The number of rotatable bonds is 8. The molecule has 1 unspecified atom stereocenters. The van der Waals surface area contributed by atoms with Gasteiger partial charge in [0.05, 0.1) is 30.7 Å². The molecule has 1 amide bonds. The van der Waals surface area contributed by atoms with Gasteiger partial charge in [-0.1, -0.05) is 39.7 Å². The van der Waals surface area contributed by atoms with E-state index in [1.165, 1.54) is 10.9 Å². The fourth-order valence-corrected chi connectivity index (χ4v) is 3.08. The Morgan fingerprint density at radius 1 is 1.38 bits per heavy atom. The molecule has 152 valence electrons. The lowest BCUT2D eigenvalue weighted by Gasteiger charge is -2.18. The van der Waals surface area contributed by atoms with Crippen LogP contribution in [0.1, 0.15) is 11.6 Å². The van der Waals surface area contributed by atoms with Crippen LogP contribution in [0.5, 0.6) is 0 Å². The molecule has 3 rings (SSSR count). The topological polar surface area (TPSA) is 117 Å². The molecule has 9 nitrogen and oxygen atoms in total. The molecule has 0 bridgehead atoms. The summed E-state index contributed by atoms with van der Waals surface area (Å²) in [4.78, 5) is 20.0. The second-order valence-electron chi connectivity index (χ2n) is 6.05. The molecule has 0 aliphatic rings. The van der Waals surface area contributed by atoms with Crippen molar-refractivity contribution in [1.29, 1.82) is 0 Å². The summed E-state index contributed by atoms with van der Waals surface area (Å²) in [6.45, 7) is -0.0386. The Bertz CT molecular complexity index is 998. The number of benzene rings is 1. The summed E-state index contributed by atoms with van der Waals surface area (Å²) in [6, 6.07) is 7.19. The molecule has 0 fully saturated rings. The van der Waals surface area contributed by atoms with Gasteiger partial charge in [-0.05, 0) is 17.7 Å². The van der Waals surface area contributed by atoms with Crippen molar-refractivity contribution in [2.75, 3.05) is 24.3 Å². The van der Waals surface area contributed by atoms with E-state index in [0.717, 1.165) is 10.0 Å². The standard InChI is InChI=1S/C18H19BrClN7O2/c1-21-16(29)9-27-8-13(6-23-27)24-18-22-7-14(20)17(26-18)25-15(10-28)11-3-2-4-12(19)5-11/h2-8,15,28H,9-10H2,1H3,(H,21,29)(H2,22,24,25,26). The number of carbonyl (C=O) groups is 1. The van der Waals surface area contributed by atoms with Gasteiger partial charge in [0.1, 0.15) is 11.6 Å². The number of carbonyl (C=O) groups excluding carboxylic acids is 1. The third kappa shape index (κ3) is 5.66. The number of aromatic nitrogens is 4. The van der Waals surface area contributed by atoms with E-state index in [0.29, 0.717) is 22.5 Å². The first-order chi connectivity index (χ1) is 14.0. The summed E-state index contributed by atoms with van der Waals surface area (Å²) in [5.41, 5.74) is 1.49. The molecule has 0 radical (unpaired) electrons.